The third-order valence-corrected chi connectivity index (χ3v) is 2.62. The van der Waals surface area contributed by atoms with Gasteiger partial charge in [0.2, 0.25) is 0 Å². The van der Waals surface area contributed by atoms with Crippen LogP contribution in [0.3, 0.4) is 0 Å². The van der Waals surface area contributed by atoms with Crippen LogP contribution in [0.5, 0.6) is 11.5 Å². The fraction of sp³-hybridized carbons (Fsp3) is 0.400. The number of ether oxygens (including phenoxy) is 3. The van der Waals surface area contributed by atoms with Gasteiger partial charge in [-0.3, -0.25) is 0 Å². The topological polar surface area (TPSA) is 85.2 Å². The van der Waals surface area contributed by atoms with Crippen molar-refractivity contribution in [2.24, 2.45) is 0 Å². The van der Waals surface area contributed by atoms with Crippen LogP contribution in [0.4, 0.5) is 4.79 Å². The van der Waals surface area contributed by atoms with Crippen LogP contribution in [0.1, 0.15) is 18.4 Å². The summed E-state index contributed by atoms with van der Waals surface area (Å²) in [6.45, 7) is 5.62. The number of phenolic OH excluding ortho intramolecular Hbond substituents is 1. The molecule has 0 radical (unpaired) electrons. The van der Waals surface area contributed by atoms with E-state index in [-0.39, 0.29) is 12.4 Å². The third kappa shape index (κ3) is 6.78. The highest BCUT2D eigenvalue weighted by atomic mass is 16.7. The lowest BCUT2D eigenvalue weighted by Crippen LogP contribution is -2.13. The Labute approximate surface area is 123 Å². The molecule has 0 aliphatic heterocycles. The number of aromatic hydroxyl groups is 1. The summed E-state index contributed by atoms with van der Waals surface area (Å²) in [6, 6.07) is 4.47. The number of carbonyl (C=O) groups is 1. The second-order valence-electron chi connectivity index (χ2n) is 4.35. The maximum atomic E-state index is 11.4. The minimum Gasteiger partial charge on any atom is -0.508 e. The molecule has 1 rings (SSSR count). The first kappa shape index (κ1) is 17.0. The Balaban J connectivity index is 2.16. The Morgan fingerprint density at radius 3 is 2.76 bits per heavy atom. The molecule has 0 saturated heterocycles. The zero-order valence-electron chi connectivity index (χ0n) is 11.9. The fourth-order valence-electron chi connectivity index (χ4n) is 1.45. The van der Waals surface area contributed by atoms with Crippen molar-refractivity contribution in [1.29, 1.82) is 0 Å². The van der Waals surface area contributed by atoms with Crippen LogP contribution in [0.25, 0.3) is 0 Å². The number of hydrogen-bond acceptors (Lipinski definition) is 6. The second kappa shape index (κ2) is 8.99. The lowest BCUT2D eigenvalue weighted by Gasteiger charge is -2.08. The van der Waals surface area contributed by atoms with Gasteiger partial charge in [-0.05, 0) is 49.6 Å². The zero-order chi connectivity index (χ0) is 15.7. The van der Waals surface area contributed by atoms with Crippen molar-refractivity contribution in [3.8, 4) is 11.5 Å². The van der Waals surface area contributed by atoms with Gasteiger partial charge in [0.15, 0.2) is 6.29 Å². The van der Waals surface area contributed by atoms with Crippen LogP contribution in [0.15, 0.2) is 30.9 Å². The van der Waals surface area contributed by atoms with Gasteiger partial charge < -0.3 is 24.4 Å². The highest BCUT2D eigenvalue weighted by Crippen LogP contribution is 2.22. The van der Waals surface area contributed by atoms with Gasteiger partial charge in [0.05, 0.1) is 13.2 Å². The van der Waals surface area contributed by atoms with E-state index < -0.39 is 12.4 Å². The largest absolute Gasteiger partial charge is 0.513 e. The van der Waals surface area contributed by atoms with E-state index in [1.165, 1.54) is 18.2 Å². The molecule has 1 aromatic carbocycles. The van der Waals surface area contributed by atoms with Crippen molar-refractivity contribution in [3.63, 3.8) is 0 Å². The minimum atomic E-state index is -0.964. The Bertz CT molecular complexity index is 471. The van der Waals surface area contributed by atoms with Crippen LogP contribution < -0.4 is 4.74 Å². The second-order valence-corrected chi connectivity index (χ2v) is 4.35. The molecule has 0 saturated carbocycles. The molecular formula is C15H20O6. The molecule has 1 unspecified atom stereocenters. The number of aliphatic hydroxyl groups is 1. The highest BCUT2D eigenvalue weighted by molar-refractivity contribution is 5.64. The molecular weight excluding hydrogens is 276 g/mol. The van der Waals surface area contributed by atoms with Crippen LogP contribution in [0.2, 0.25) is 0 Å². The normalized spacial score (nSPS) is 11.7. The Morgan fingerprint density at radius 2 is 2.10 bits per heavy atom. The third-order valence-electron chi connectivity index (χ3n) is 2.62. The molecule has 0 amide bonds. The van der Waals surface area contributed by atoms with Gasteiger partial charge in [0, 0.05) is 0 Å². The maximum absolute atomic E-state index is 11.4. The summed E-state index contributed by atoms with van der Waals surface area (Å²) in [5.74, 6) is 0.449. The molecule has 0 aromatic heterocycles. The Hall–Kier alpha value is -2.05. The van der Waals surface area contributed by atoms with E-state index in [4.69, 9.17) is 19.3 Å². The fourth-order valence-corrected chi connectivity index (χ4v) is 1.45. The van der Waals surface area contributed by atoms with Crippen molar-refractivity contribution in [1.82, 2.24) is 0 Å². The lowest BCUT2D eigenvalue weighted by atomic mass is 10.2. The molecule has 0 heterocycles. The number of aryl methyl sites for hydroxylation is 1. The molecule has 0 aliphatic rings. The van der Waals surface area contributed by atoms with E-state index in [2.05, 4.69) is 6.58 Å². The number of carbonyl (C=O) groups excluding carboxylic acids is 1. The number of benzene rings is 1. The van der Waals surface area contributed by atoms with Gasteiger partial charge in [-0.15, -0.1) is 0 Å². The molecule has 6 nitrogen and oxygen atoms in total. The molecule has 116 valence electrons. The summed E-state index contributed by atoms with van der Waals surface area (Å²) < 4.78 is 14.8. The first-order valence-corrected chi connectivity index (χ1v) is 6.59. The summed E-state index contributed by atoms with van der Waals surface area (Å²) in [5.41, 5.74) is 0.609. The van der Waals surface area contributed by atoms with E-state index >= 15 is 0 Å². The first-order chi connectivity index (χ1) is 10.0. The number of aliphatic hydroxyl groups excluding tert-OH is 1. The average Bonchev–Trinajstić information content (AvgIpc) is 2.46. The molecule has 0 spiro atoms. The summed E-state index contributed by atoms with van der Waals surface area (Å²) >= 11 is 0. The molecule has 1 atom stereocenters. The van der Waals surface area contributed by atoms with Gasteiger partial charge in [0.25, 0.3) is 0 Å². The number of phenols is 1. The van der Waals surface area contributed by atoms with E-state index in [9.17, 15) is 9.90 Å². The van der Waals surface area contributed by atoms with Crippen LogP contribution in [-0.4, -0.2) is 35.9 Å². The summed E-state index contributed by atoms with van der Waals surface area (Å²) in [7, 11) is 0. The molecule has 2 N–H and O–H groups in total. The minimum absolute atomic E-state index is 0.137. The number of rotatable bonds is 8. The Kier molecular flexibility index (Phi) is 7.28. The molecule has 6 heteroatoms. The predicted molar refractivity (Wildman–Crippen MR) is 76.2 cm³/mol. The van der Waals surface area contributed by atoms with Crippen LogP contribution in [-0.2, 0) is 9.47 Å². The molecule has 0 fully saturated rings. The molecule has 21 heavy (non-hydrogen) atoms. The van der Waals surface area contributed by atoms with Crippen LogP contribution in [0, 0.1) is 6.92 Å². The number of unbranched alkanes of at least 4 members (excludes halogenated alkanes) is 1. The molecule has 0 aliphatic carbocycles. The predicted octanol–water partition coefficient (Wildman–Crippen LogP) is 2.52. The smallest absolute Gasteiger partial charge is 0.508 e. The van der Waals surface area contributed by atoms with Crippen molar-refractivity contribution < 1.29 is 29.2 Å². The van der Waals surface area contributed by atoms with Crippen molar-refractivity contribution in [3.05, 3.63) is 36.4 Å². The van der Waals surface area contributed by atoms with Gasteiger partial charge >= 0.3 is 6.16 Å². The zero-order valence-corrected chi connectivity index (χ0v) is 11.9. The van der Waals surface area contributed by atoms with Gasteiger partial charge in [-0.2, -0.15) is 0 Å². The first-order valence-electron chi connectivity index (χ1n) is 6.59. The van der Waals surface area contributed by atoms with E-state index in [0.717, 1.165) is 0 Å². The van der Waals surface area contributed by atoms with Crippen molar-refractivity contribution in [2.45, 2.75) is 26.1 Å². The van der Waals surface area contributed by atoms with Crippen molar-refractivity contribution >= 4 is 6.16 Å². The summed E-state index contributed by atoms with van der Waals surface area (Å²) in [5, 5.41) is 18.4. The van der Waals surface area contributed by atoms with Crippen LogP contribution >= 0.6 is 0 Å². The average molecular weight is 296 g/mol. The summed E-state index contributed by atoms with van der Waals surface area (Å²) in [6.07, 6.45) is 0.748. The van der Waals surface area contributed by atoms with Gasteiger partial charge in [-0.25, -0.2) is 4.79 Å². The lowest BCUT2D eigenvalue weighted by molar-refractivity contribution is -0.0656. The molecule has 1 aromatic rings. The van der Waals surface area contributed by atoms with Gasteiger partial charge in [0.1, 0.15) is 11.5 Å². The quantitative estimate of drug-likeness (QED) is 0.252. The SMILES string of the molecule is C=CC(O)OCCCCOC(=O)Oc1ccc(O)c(C)c1. The number of hydrogen-bond donors (Lipinski definition) is 2. The van der Waals surface area contributed by atoms with E-state index in [1.807, 2.05) is 0 Å². The monoisotopic (exact) mass is 296 g/mol. The van der Waals surface area contributed by atoms with E-state index in [1.54, 1.807) is 13.0 Å². The Morgan fingerprint density at radius 1 is 1.38 bits per heavy atom. The van der Waals surface area contributed by atoms with Crippen molar-refractivity contribution in [2.75, 3.05) is 13.2 Å². The standard InChI is InChI=1S/C15H20O6/c1-3-14(17)19-8-4-5-9-20-15(18)21-12-6-7-13(16)11(2)10-12/h3,6-7,10,14,16-17H,1,4-5,8-9H2,2H3. The molecule has 0 bridgehead atoms. The highest BCUT2D eigenvalue weighted by Gasteiger charge is 2.07. The maximum Gasteiger partial charge on any atom is 0.513 e. The summed E-state index contributed by atoms with van der Waals surface area (Å²) in [4.78, 5) is 11.4. The van der Waals surface area contributed by atoms with Gasteiger partial charge in [-0.1, -0.05) is 6.58 Å². The van der Waals surface area contributed by atoms with E-state index in [0.29, 0.717) is 30.8 Å².